The summed E-state index contributed by atoms with van der Waals surface area (Å²) in [7, 11) is 0. The molecule has 0 spiro atoms. The normalized spacial score (nSPS) is 23.3. The van der Waals surface area contributed by atoms with Crippen LogP contribution in [0.5, 0.6) is 0 Å². The second kappa shape index (κ2) is 41.4. The largest absolute Gasteiger partial charge is 0.354 e. The number of carbonyl (C=O) groups is 14. The highest BCUT2D eigenvalue weighted by Crippen LogP contribution is 2.22. The molecule has 8 atom stereocenters. The van der Waals surface area contributed by atoms with E-state index in [0.29, 0.717) is 38.5 Å². The zero-order chi connectivity index (χ0) is 65.0. The lowest BCUT2D eigenvalue weighted by atomic mass is 10.1. The van der Waals surface area contributed by atoms with Crippen molar-refractivity contribution in [2.75, 3.05) is 78.8 Å². The molecule has 3 aliphatic heterocycles. The first-order chi connectivity index (χ1) is 42.1. The maximum Gasteiger partial charge on any atom is 0.248 e. The first-order valence-electron chi connectivity index (χ1n) is 29.4. The molecule has 0 aliphatic carbocycles. The number of hydrogen-bond donors (Lipinski definition) is 16. The van der Waals surface area contributed by atoms with E-state index in [1.54, 1.807) is 0 Å². The lowest BCUT2D eigenvalue weighted by molar-refractivity contribution is -0.142. The quantitative estimate of drug-likeness (QED) is 0.0256. The van der Waals surface area contributed by atoms with Gasteiger partial charge in [0.2, 0.25) is 82.7 Å². The molecule has 3 fully saturated rings. The summed E-state index contributed by atoms with van der Waals surface area (Å²) in [6.45, 7) is 0.368. The van der Waals surface area contributed by atoms with E-state index in [9.17, 15) is 67.1 Å². The molecule has 0 aromatic rings. The van der Waals surface area contributed by atoms with Crippen molar-refractivity contribution in [3.8, 4) is 0 Å². The molecule has 0 unspecified atom stereocenters. The van der Waals surface area contributed by atoms with Crippen LogP contribution in [0.15, 0.2) is 0 Å². The van der Waals surface area contributed by atoms with E-state index in [4.69, 9.17) is 23.6 Å². The van der Waals surface area contributed by atoms with Gasteiger partial charge in [0.25, 0.3) is 0 Å². The van der Waals surface area contributed by atoms with E-state index in [1.807, 2.05) is 0 Å². The molecule has 0 aromatic carbocycles. The van der Waals surface area contributed by atoms with Gasteiger partial charge in [0.1, 0.15) is 74.8 Å². The molecule has 0 saturated carbocycles. The van der Waals surface area contributed by atoms with Gasteiger partial charge in [-0.1, -0.05) is 0 Å². The average Bonchev–Trinajstić information content (AvgIpc) is 4.41. The average molecular weight is 1260 g/mol. The van der Waals surface area contributed by atoms with Crippen LogP contribution in [-0.4, -0.2) is 220 Å². The van der Waals surface area contributed by atoms with Crippen molar-refractivity contribution < 1.29 is 86.5 Å². The van der Waals surface area contributed by atoms with Crippen molar-refractivity contribution in [1.29, 1.82) is 0 Å². The van der Waals surface area contributed by atoms with Gasteiger partial charge >= 0.3 is 0 Å². The Hall–Kier alpha value is -7.74. The zero-order valence-electron chi connectivity index (χ0n) is 50.0. The van der Waals surface area contributed by atoms with E-state index >= 15 is 0 Å². The predicted molar refractivity (Wildman–Crippen MR) is 306 cm³/mol. The minimum absolute atomic E-state index is 0.0132. The topological polar surface area (TPSA) is 531 Å². The summed E-state index contributed by atoms with van der Waals surface area (Å²) < 4.78 is 0. The third-order valence-electron chi connectivity index (χ3n) is 14.4. The molecule has 3 heterocycles. The van der Waals surface area contributed by atoms with Gasteiger partial charge in [-0.2, -0.15) is 0 Å². The Morgan fingerprint density at radius 1 is 0.409 bits per heavy atom. The van der Waals surface area contributed by atoms with E-state index < -0.39 is 171 Å². The molecule has 88 heavy (non-hydrogen) atoms. The molecule has 36 nitrogen and oxygen atoms in total. The molecule has 36 heteroatoms. The molecule has 3 rings (SSSR count). The minimum atomic E-state index is -1.35. The number of rotatable bonds is 28. The highest BCUT2D eigenvalue weighted by Gasteiger charge is 2.40. The summed E-state index contributed by atoms with van der Waals surface area (Å²) in [6, 6.07) is -10.2. The Balaban J connectivity index is 2.01. The molecular weight excluding hydrogens is 1160 g/mol. The predicted octanol–water partition coefficient (Wildman–Crippen LogP) is -8.13. The number of nitrogens with two attached hydrogens (primary N) is 4. The summed E-state index contributed by atoms with van der Waals surface area (Å²) in [5.41, 5.74) is 0. The maximum absolute atomic E-state index is 14.5. The number of nitrogens with zero attached hydrogens (tertiary/aromatic N) is 2. The summed E-state index contributed by atoms with van der Waals surface area (Å²) in [5, 5.41) is 31.0. The SMILES string of the molecule is C[C@@H]1NC(=O)[C@H](CCCCNC(=O)CON)NC(=O)CNC(=O)[C@@H]2CCCN2C(=O)[C@H](CCCCNC(=O)CON)NC(=O)[C@H](C)NC(=O)[C@H](CCCCNC(=O)CON)NC(=O)CNC(=O)[C@@H]2CCCN2C(=O)[C@H](CCCCNC(=O)CON)NC1=O. The molecule has 3 saturated heterocycles. The summed E-state index contributed by atoms with van der Waals surface area (Å²) in [6.07, 6.45) is 3.09. The number of nitrogens with one attached hydrogen (secondary N) is 12. The molecule has 14 amide bonds. The standard InChI is InChI=1S/C52H90N18O18/c1-31-45(77)67-35(15-5-9-21-59-43(75)29-87-55)51(83)69-23-11-17-37(69)49(81)62-26-40(72)66-34(14-4-8-20-58-42(74)28-86-54)48(80)64-32(2)46(78)68-36(16-6-10-22-60-44(76)30-88-56)52(84)70-24-12-18-38(70)50(82)61-25-39(71)65-33(47(79)63-31)13-3-7-19-57-41(73)27-85-53/h31-38H,3-30,53-56H2,1-2H3,(H,57,73)(H,58,74)(H,59,75)(H,60,76)(H,61,82)(H,62,81)(H,63,79)(H,64,80)(H,65,71)(H,66,72)(H,67,77)(H,68,78)/t31-,32-,33-,34-,35-,36-,37-,38-/m0/s1. The second-order valence-corrected chi connectivity index (χ2v) is 21.3. The van der Waals surface area contributed by atoms with E-state index in [2.05, 4.69) is 83.2 Å². The van der Waals surface area contributed by atoms with Crippen LogP contribution in [0.2, 0.25) is 0 Å². The summed E-state index contributed by atoms with van der Waals surface area (Å²) in [4.78, 5) is 208. The number of unbranched alkanes of at least 4 members (excludes halogenated alkanes) is 4. The lowest BCUT2D eigenvalue weighted by Crippen LogP contribution is -2.59. The number of carbonyl (C=O) groups excluding carboxylic acids is 14. The first-order valence-corrected chi connectivity index (χ1v) is 29.4. The fraction of sp³-hybridized carbons (Fsp3) is 0.731. The highest BCUT2D eigenvalue weighted by molar-refractivity contribution is 5.99. The molecule has 20 N–H and O–H groups in total. The number of hydrogen-bond acceptors (Lipinski definition) is 22. The van der Waals surface area contributed by atoms with Gasteiger partial charge in [0, 0.05) is 39.3 Å². The van der Waals surface area contributed by atoms with Crippen LogP contribution in [0.25, 0.3) is 0 Å². The highest BCUT2D eigenvalue weighted by atomic mass is 16.6. The Kier molecular flexibility index (Phi) is 35.1. The summed E-state index contributed by atoms with van der Waals surface area (Å²) in [5.74, 6) is 10.1. The van der Waals surface area contributed by atoms with E-state index in [1.165, 1.54) is 23.6 Å². The molecular formula is C52H90N18O18. The number of amides is 14. The van der Waals surface area contributed by atoms with Crippen molar-refractivity contribution in [2.24, 2.45) is 23.6 Å². The van der Waals surface area contributed by atoms with Crippen LogP contribution < -0.4 is 87.4 Å². The third-order valence-corrected chi connectivity index (χ3v) is 14.4. The molecule has 0 radical (unpaired) electrons. The van der Waals surface area contributed by atoms with Gasteiger partial charge in [0.15, 0.2) is 0 Å². The summed E-state index contributed by atoms with van der Waals surface area (Å²) >= 11 is 0. The van der Waals surface area contributed by atoms with Crippen molar-refractivity contribution in [3.05, 3.63) is 0 Å². The van der Waals surface area contributed by atoms with Gasteiger partial charge in [-0.3, -0.25) is 86.5 Å². The van der Waals surface area contributed by atoms with Crippen LogP contribution in [-0.2, 0) is 86.5 Å². The van der Waals surface area contributed by atoms with Crippen molar-refractivity contribution in [3.63, 3.8) is 0 Å². The minimum Gasteiger partial charge on any atom is -0.354 e. The zero-order valence-corrected chi connectivity index (χ0v) is 50.0. The van der Waals surface area contributed by atoms with Gasteiger partial charge in [-0.05, 0) is 117 Å². The third kappa shape index (κ3) is 27.5. The molecule has 3 aliphatic rings. The van der Waals surface area contributed by atoms with Gasteiger partial charge in [-0.25, -0.2) is 23.6 Å². The van der Waals surface area contributed by atoms with Gasteiger partial charge in [-0.15, -0.1) is 0 Å². The fourth-order valence-corrected chi connectivity index (χ4v) is 9.78. The Bertz CT molecular complexity index is 2220. The maximum atomic E-state index is 14.5. The second-order valence-electron chi connectivity index (χ2n) is 21.3. The molecule has 496 valence electrons. The number of fused-ring (bicyclic) bond motifs is 2. The van der Waals surface area contributed by atoms with Gasteiger partial charge < -0.3 is 73.6 Å². The van der Waals surface area contributed by atoms with Crippen LogP contribution in [0, 0.1) is 0 Å². The van der Waals surface area contributed by atoms with E-state index in [0.717, 1.165) is 0 Å². The van der Waals surface area contributed by atoms with Crippen molar-refractivity contribution >= 4 is 82.7 Å². The van der Waals surface area contributed by atoms with Crippen LogP contribution in [0.4, 0.5) is 0 Å². The lowest BCUT2D eigenvalue weighted by Gasteiger charge is -2.30. The Labute approximate surface area is 508 Å². The van der Waals surface area contributed by atoms with Crippen molar-refractivity contribution in [2.45, 2.75) is 165 Å². The van der Waals surface area contributed by atoms with E-state index in [-0.39, 0.29) is 103 Å². The molecule has 0 bridgehead atoms. The van der Waals surface area contributed by atoms with Crippen LogP contribution in [0.3, 0.4) is 0 Å². The molecule has 0 aromatic heterocycles. The van der Waals surface area contributed by atoms with Crippen LogP contribution in [0.1, 0.15) is 117 Å². The first kappa shape index (κ1) is 74.5. The monoisotopic (exact) mass is 1250 g/mol. The smallest absolute Gasteiger partial charge is 0.248 e. The Morgan fingerprint density at radius 3 is 1.00 bits per heavy atom. The van der Waals surface area contributed by atoms with Gasteiger partial charge in [0.05, 0.1) is 13.1 Å². The van der Waals surface area contributed by atoms with Crippen molar-refractivity contribution in [1.82, 2.24) is 73.6 Å². The fourth-order valence-electron chi connectivity index (χ4n) is 9.78. The van der Waals surface area contributed by atoms with Crippen LogP contribution >= 0.6 is 0 Å². The Morgan fingerprint density at radius 2 is 0.705 bits per heavy atom.